The van der Waals surface area contributed by atoms with Crippen molar-refractivity contribution in [3.05, 3.63) is 52.0 Å². The van der Waals surface area contributed by atoms with Crippen molar-refractivity contribution in [3.8, 4) is 11.5 Å². The van der Waals surface area contributed by atoms with E-state index >= 15 is 0 Å². The van der Waals surface area contributed by atoms with E-state index in [-0.39, 0.29) is 22.9 Å². The van der Waals surface area contributed by atoms with Crippen molar-refractivity contribution >= 4 is 35.3 Å². The fraction of sp³-hybridized carbons (Fsp3) is 0.250. The van der Waals surface area contributed by atoms with Gasteiger partial charge in [-0.05, 0) is 61.7 Å². The number of hydrazone groups is 1. The molecule has 3 N–H and O–H groups in total. The third-order valence-corrected chi connectivity index (χ3v) is 4.15. The van der Waals surface area contributed by atoms with Crippen molar-refractivity contribution in [1.82, 2.24) is 5.43 Å². The van der Waals surface area contributed by atoms with Gasteiger partial charge in [0.25, 0.3) is 0 Å². The summed E-state index contributed by atoms with van der Waals surface area (Å²) in [5.41, 5.74) is 5.59. The Bertz CT molecular complexity index is 913. The lowest BCUT2D eigenvalue weighted by Crippen LogP contribution is -2.24. The molecule has 0 aromatic heterocycles. The Hall–Kier alpha value is -3.06. The predicted octanol–water partition coefficient (Wildman–Crippen LogP) is 3.54. The highest BCUT2D eigenvalue weighted by atomic mass is 35.5. The molecule has 0 bridgehead atoms. The summed E-state index contributed by atoms with van der Waals surface area (Å²) in [6.07, 6.45) is 0.970. The molecule has 0 aliphatic carbocycles. The Morgan fingerprint density at radius 2 is 1.93 bits per heavy atom. The first-order valence-corrected chi connectivity index (χ1v) is 9.02. The van der Waals surface area contributed by atoms with Crippen molar-refractivity contribution < 1.29 is 19.4 Å². The fourth-order valence-electron chi connectivity index (χ4n) is 2.32. The maximum atomic E-state index is 12.0. The molecule has 0 aliphatic heterocycles. The predicted molar refractivity (Wildman–Crippen MR) is 109 cm³/mol. The number of aryl methyl sites for hydroxylation is 2. The molecule has 8 heteroatoms. The van der Waals surface area contributed by atoms with Crippen LogP contribution in [0.4, 0.5) is 5.69 Å². The number of nitrogens with one attached hydrogen (secondary N) is 2. The molecule has 0 heterocycles. The van der Waals surface area contributed by atoms with E-state index in [0.717, 1.165) is 11.1 Å². The van der Waals surface area contributed by atoms with Gasteiger partial charge in [0.2, 0.25) is 11.8 Å². The van der Waals surface area contributed by atoms with Crippen LogP contribution < -0.4 is 15.5 Å². The second-order valence-electron chi connectivity index (χ2n) is 6.10. The molecular weight excluding hydrogens is 382 g/mol. The molecular formula is C20H22ClN3O4. The summed E-state index contributed by atoms with van der Waals surface area (Å²) < 4.78 is 5.27. The zero-order valence-corrected chi connectivity index (χ0v) is 16.6. The fourth-order valence-corrected chi connectivity index (χ4v) is 2.54. The minimum Gasteiger partial charge on any atom is -0.503 e. The van der Waals surface area contributed by atoms with Gasteiger partial charge >= 0.3 is 0 Å². The van der Waals surface area contributed by atoms with Gasteiger partial charge in [0, 0.05) is 5.69 Å². The third-order valence-electron chi connectivity index (χ3n) is 3.87. The summed E-state index contributed by atoms with van der Waals surface area (Å²) >= 11 is 5.93. The van der Waals surface area contributed by atoms with Crippen LogP contribution in [-0.4, -0.2) is 29.7 Å². The van der Waals surface area contributed by atoms with Crippen LogP contribution in [0.2, 0.25) is 5.02 Å². The Kier molecular flexibility index (Phi) is 7.40. The minimum absolute atomic E-state index is 0.103. The number of hydrogen-bond acceptors (Lipinski definition) is 5. The van der Waals surface area contributed by atoms with Gasteiger partial charge in [0.1, 0.15) is 6.42 Å². The van der Waals surface area contributed by atoms with Gasteiger partial charge in [-0.2, -0.15) is 5.10 Å². The van der Waals surface area contributed by atoms with Gasteiger partial charge in [-0.25, -0.2) is 5.43 Å². The lowest BCUT2D eigenvalue weighted by atomic mass is 10.1. The molecule has 0 atom stereocenters. The first-order chi connectivity index (χ1) is 13.3. The van der Waals surface area contributed by atoms with Gasteiger partial charge in [-0.1, -0.05) is 17.7 Å². The molecule has 7 nitrogen and oxygen atoms in total. The zero-order valence-electron chi connectivity index (χ0n) is 15.9. The van der Waals surface area contributed by atoms with E-state index < -0.39 is 11.8 Å². The maximum Gasteiger partial charge on any atom is 0.249 e. The lowest BCUT2D eigenvalue weighted by molar-refractivity contribution is -0.126. The summed E-state index contributed by atoms with van der Waals surface area (Å²) in [6.45, 7) is 6.05. The Labute approximate surface area is 168 Å². The number of carbonyl (C=O) groups excluding carboxylic acids is 2. The van der Waals surface area contributed by atoms with E-state index in [1.807, 2.05) is 26.0 Å². The minimum atomic E-state index is -0.563. The van der Waals surface area contributed by atoms with Gasteiger partial charge in [0.05, 0.1) is 17.8 Å². The molecule has 2 aromatic carbocycles. The maximum absolute atomic E-state index is 12.0. The number of ether oxygens (including phenoxy) is 1. The number of nitrogens with zero attached hydrogens (tertiary/aromatic N) is 1. The van der Waals surface area contributed by atoms with E-state index in [9.17, 15) is 14.7 Å². The molecule has 28 heavy (non-hydrogen) atoms. The number of hydrogen-bond donors (Lipinski definition) is 3. The van der Waals surface area contributed by atoms with Gasteiger partial charge in [0.15, 0.2) is 11.5 Å². The molecule has 0 radical (unpaired) electrons. The molecule has 0 saturated heterocycles. The summed E-state index contributed by atoms with van der Waals surface area (Å²) in [5.74, 6) is -0.946. The largest absolute Gasteiger partial charge is 0.503 e. The standard InChI is InChI=1S/C20H22ClN3O4/c1-4-28-17-9-14(8-16(21)20(17)27)11-22-24-19(26)10-18(25)23-15-6-5-12(2)13(3)7-15/h5-9,11,27H,4,10H2,1-3H3,(H,23,25)(H,24,26). The van der Waals surface area contributed by atoms with Crippen LogP contribution in [0.25, 0.3) is 0 Å². The van der Waals surface area contributed by atoms with Crippen LogP contribution in [0, 0.1) is 13.8 Å². The normalized spacial score (nSPS) is 10.7. The van der Waals surface area contributed by atoms with Gasteiger partial charge < -0.3 is 15.2 Å². The average Bonchev–Trinajstić information content (AvgIpc) is 2.62. The van der Waals surface area contributed by atoms with Crippen LogP contribution in [0.5, 0.6) is 11.5 Å². The number of anilines is 1. The number of amides is 2. The van der Waals surface area contributed by atoms with Crippen LogP contribution in [0.1, 0.15) is 30.0 Å². The summed E-state index contributed by atoms with van der Waals surface area (Å²) in [7, 11) is 0. The summed E-state index contributed by atoms with van der Waals surface area (Å²) in [4.78, 5) is 23.8. The second kappa shape index (κ2) is 9.75. The van der Waals surface area contributed by atoms with Crippen molar-refractivity contribution in [2.24, 2.45) is 5.10 Å². The van der Waals surface area contributed by atoms with E-state index in [0.29, 0.717) is 17.9 Å². The lowest BCUT2D eigenvalue weighted by Gasteiger charge is -2.08. The number of phenolic OH excluding ortho intramolecular Hbond substituents is 1. The van der Waals surface area contributed by atoms with Crippen molar-refractivity contribution in [1.29, 1.82) is 0 Å². The monoisotopic (exact) mass is 403 g/mol. The highest BCUT2D eigenvalue weighted by Crippen LogP contribution is 2.34. The highest BCUT2D eigenvalue weighted by Gasteiger charge is 2.11. The molecule has 2 amide bonds. The van der Waals surface area contributed by atoms with E-state index in [1.54, 1.807) is 13.0 Å². The van der Waals surface area contributed by atoms with Crippen molar-refractivity contribution in [2.75, 3.05) is 11.9 Å². The van der Waals surface area contributed by atoms with E-state index in [4.69, 9.17) is 16.3 Å². The molecule has 0 spiro atoms. The molecule has 0 fully saturated rings. The molecule has 0 saturated carbocycles. The first kappa shape index (κ1) is 21.2. The number of phenols is 1. The van der Waals surface area contributed by atoms with Gasteiger partial charge in [-0.15, -0.1) is 0 Å². The van der Waals surface area contributed by atoms with Crippen molar-refractivity contribution in [3.63, 3.8) is 0 Å². The Balaban J connectivity index is 1.91. The molecule has 0 aliphatic rings. The van der Waals surface area contributed by atoms with Crippen LogP contribution in [0.15, 0.2) is 35.4 Å². The molecule has 148 valence electrons. The number of halogens is 1. The van der Waals surface area contributed by atoms with E-state index in [1.165, 1.54) is 18.3 Å². The van der Waals surface area contributed by atoms with Crippen LogP contribution in [0.3, 0.4) is 0 Å². The first-order valence-electron chi connectivity index (χ1n) is 8.64. The van der Waals surface area contributed by atoms with Gasteiger partial charge in [-0.3, -0.25) is 9.59 Å². The van der Waals surface area contributed by atoms with Crippen LogP contribution >= 0.6 is 11.6 Å². The Morgan fingerprint density at radius 3 is 2.61 bits per heavy atom. The third kappa shape index (κ3) is 5.99. The molecule has 2 aromatic rings. The highest BCUT2D eigenvalue weighted by molar-refractivity contribution is 6.32. The average molecular weight is 404 g/mol. The number of rotatable bonds is 7. The number of benzene rings is 2. The van der Waals surface area contributed by atoms with E-state index in [2.05, 4.69) is 15.8 Å². The topological polar surface area (TPSA) is 100 Å². The number of carbonyl (C=O) groups is 2. The SMILES string of the molecule is CCOc1cc(C=NNC(=O)CC(=O)Nc2ccc(C)c(C)c2)cc(Cl)c1O. The summed E-state index contributed by atoms with van der Waals surface area (Å²) in [6, 6.07) is 8.53. The smallest absolute Gasteiger partial charge is 0.249 e. The number of aromatic hydroxyl groups is 1. The second-order valence-corrected chi connectivity index (χ2v) is 6.51. The van der Waals surface area contributed by atoms with Crippen LogP contribution in [-0.2, 0) is 9.59 Å². The zero-order chi connectivity index (χ0) is 20.7. The molecule has 0 unspecified atom stereocenters. The van der Waals surface area contributed by atoms with Crippen molar-refractivity contribution in [2.45, 2.75) is 27.2 Å². The summed E-state index contributed by atoms with van der Waals surface area (Å²) in [5, 5.41) is 16.4. The quantitative estimate of drug-likeness (QED) is 0.374. The molecule has 2 rings (SSSR count). The Morgan fingerprint density at radius 1 is 1.18 bits per heavy atom.